The van der Waals surface area contributed by atoms with Crippen LogP contribution in [-0.2, 0) is 17.5 Å². The van der Waals surface area contributed by atoms with Crippen LogP contribution in [-0.4, -0.2) is 150 Å². The number of nitrogens with zero attached hydrogens (tertiary/aromatic N) is 13. The van der Waals surface area contributed by atoms with E-state index in [1.54, 1.807) is 11.0 Å². The standard InChI is InChI=1S/C29H32ClF4N7O2.C27H32F2N8/c1-5-21(42)40-9-10-41(16(3)13-40)27-18-12-19(30)22(26-23(29(32,33)34)15(2)11-20(35)36-26)24(31)25(18)37-28(38-27)43-14-17-7-6-8-39(17)4;1-5-35-8-10-36(11-9-35)16-19-6-7-24(30-14-19)33-27-31-15-22(29)25(34-27)20-12-21(28)26-23(13-20)37(17(2)3)18(4)32-26/h5,11-12,16-17H,1,6-10,13-14H2,2-4H3,(H2,35,36);6-7,12-15,17H,5,8-11,16H2,1-4H3,(H,30,31,33,34). The molecule has 0 bridgehead atoms. The first kappa shape index (κ1) is 57.5. The predicted octanol–water partition coefficient (Wildman–Crippen LogP) is 10.0. The van der Waals surface area contributed by atoms with Gasteiger partial charge in [-0.2, -0.15) is 23.1 Å². The third-order valence-corrected chi connectivity index (χ3v) is 15.2. The minimum Gasteiger partial charge on any atom is -0.462 e. The molecule has 7 aromatic rings. The minimum absolute atomic E-state index is 0.00954. The van der Waals surface area contributed by atoms with Crippen LogP contribution in [0.5, 0.6) is 6.01 Å². The number of fused-ring (bicyclic) bond motifs is 2. The van der Waals surface area contributed by atoms with Crippen LogP contribution in [0.3, 0.4) is 0 Å². The van der Waals surface area contributed by atoms with Crippen molar-refractivity contribution in [2.45, 2.75) is 85.2 Å². The third kappa shape index (κ3) is 12.2. The molecule has 1 amide bonds. The Morgan fingerprint density at radius 1 is 0.912 bits per heavy atom. The number of carbonyl (C=O) groups is 1. The number of likely N-dealkylation sites (N-methyl/N-ethyl adjacent to an activating group) is 2. The molecule has 3 saturated heterocycles. The van der Waals surface area contributed by atoms with Crippen LogP contribution in [0.4, 0.5) is 49.7 Å². The van der Waals surface area contributed by atoms with Gasteiger partial charge in [0.2, 0.25) is 11.9 Å². The number of rotatable bonds is 13. The number of piperazine rings is 2. The van der Waals surface area contributed by atoms with Crippen LogP contribution >= 0.6 is 11.6 Å². The van der Waals surface area contributed by atoms with E-state index in [1.165, 1.54) is 25.1 Å². The summed E-state index contributed by atoms with van der Waals surface area (Å²) in [6.07, 6.45) is 1.21. The van der Waals surface area contributed by atoms with E-state index in [4.69, 9.17) is 22.1 Å². The summed E-state index contributed by atoms with van der Waals surface area (Å²) in [5.41, 5.74) is 5.18. The Bertz CT molecular complexity index is 3430. The fourth-order valence-corrected chi connectivity index (χ4v) is 11.1. The van der Waals surface area contributed by atoms with Gasteiger partial charge in [0.05, 0.1) is 33.6 Å². The molecule has 3 aliphatic rings. The Morgan fingerprint density at radius 3 is 2.31 bits per heavy atom. The van der Waals surface area contributed by atoms with Gasteiger partial charge in [0, 0.05) is 87.6 Å². The van der Waals surface area contributed by atoms with Crippen molar-refractivity contribution in [3.63, 3.8) is 0 Å². The lowest BCUT2D eigenvalue weighted by atomic mass is 9.99. The molecule has 3 fully saturated rings. The summed E-state index contributed by atoms with van der Waals surface area (Å²) in [5, 5.41) is 2.91. The summed E-state index contributed by atoms with van der Waals surface area (Å²) in [7, 11) is 1.98. The highest BCUT2D eigenvalue weighted by Crippen LogP contribution is 2.45. The molecule has 8 heterocycles. The Kier molecular flexibility index (Phi) is 17.1. The SMILES string of the molecule is C=CC(=O)N1CCN(c2nc(OCC3CCCN3C)nc3c(F)c(-c4nc(N)cc(C)c4C(F)(F)F)c(Cl)cc23)C(C)C1.CCN1CCN(Cc2ccc(Nc3ncc(F)c(-c4cc(F)c5nc(C)n(C(C)C)c5c4)n3)nc2)CC1. The van der Waals surface area contributed by atoms with Gasteiger partial charge >= 0.3 is 12.2 Å². The number of likely N-dealkylation sites (tertiary alicyclic amines) is 1. The van der Waals surface area contributed by atoms with Gasteiger partial charge < -0.3 is 40.0 Å². The molecule has 24 heteroatoms. The maximum Gasteiger partial charge on any atom is 0.418 e. The summed E-state index contributed by atoms with van der Waals surface area (Å²) in [6.45, 7) is 23.1. The van der Waals surface area contributed by atoms with Crippen LogP contribution < -0.4 is 20.7 Å². The number of pyridine rings is 2. The van der Waals surface area contributed by atoms with Crippen molar-refractivity contribution in [1.82, 2.24) is 59.1 Å². The number of carbonyl (C=O) groups excluding carboxylic acids is 1. The molecule has 0 saturated carbocycles. The molecule has 5 aromatic heterocycles. The lowest BCUT2D eigenvalue weighted by Crippen LogP contribution is -2.53. The summed E-state index contributed by atoms with van der Waals surface area (Å²) in [4.78, 5) is 52.9. The van der Waals surface area contributed by atoms with Gasteiger partial charge in [-0.1, -0.05) is 31.2 Å². The van der Waals surface area contributed by atoms with Gasteiger partial charge in [0.1, 0.15) is 46.6 Å². The first-order valence-corrected chi connectivity index (χ1v) is 26.9. The molecular formula is C56H64ClF6N15O2. The molecule has 2 unspecified atom stereocenters. The van der Waals surface area contributed by atoms with E-state index in [2.05, 4.69) is 68.4 Å². The lowest BCUT2D eigenvalue weighted by Gasteiger charge is -2.40. The molecule has 80 heavy (non-hydrogen) atoms. The number of anilines is 4. The van der Waals surface area contributed by atoms with Gasteiger partial charge in [0.25, 0.3) is 0 Å². The van der Waals surface area contributed by atoms with Gasteiger partial charge in [-0.25, -0.2) is 38.1 Å². The van der Waals surface area contributed by atoms with Crippen molar-refractivity contribution in [1.29, 1.82) is 0 Å². The van der Waals surface area contributed by atoms with E-state index < -0.39 is 40.4 Å². The fraction of sp³-hybridized carbons (Fsp3) is 0.429. The molecule has 0 aliphatic carbocycles. The van der Waals surface area contributed by atoms with Crippen LogP contribution in [0.15, 0.2) is 61.4 Å². The Balaban J connectivity index is 0.000000196. The number of hydrogen-bond donors (Lipinski definition) is 2. The predicted molar refractivity (Wildman–Crippen MR) is 297 cm³/mol. The zero-order chi connectivity index (χ0) is 57.3. The first-order chi connectivity index (χ1) is 38.1. The summed E-state index contributed by atoms with van der Waals surface area (Å²) in [5.74, 6) is -0.974. The molecule has 0 radical (unpaired) electrons. The average Bonchev–Trinajstić information content (AvgIpc) is 4.13. The minimum atomic E-state index is -4.86. The second-order valence-electron chi connectivity index (χ2n) is 20.7. The number of ether oxygens (including phenoxy) is 1. The highest BCUT2D eigenvalue weighted by Gasteiger charge is 2.39. The van der Waals surface area contributed by atoms with Crippen LogP contribution in [0.25, 0.3) is 44.5 Å². The van der Waals surface area contributed by atoms with Crippen molar-refractivity contribution < 1.29 is 35.9 Å². The number of imidazole rings is 1. The number of amides is 1. The van der Waals surface area contributed by atoms with E-state index in [9.17, 15) is 26.7 Å². The number of nitrogens with two attached hydrogens (primary N) is 1. The second-order valence-corrected chi connectivity index (χ2v) is 21.1. The average molecular weight is 1130 g/mol. The van der Waals surface area contributed by atoms with Crippen molar-refractivity contribution in [2.24, 2.45) is 0 Å². The number of nitrogens with one attached hydrogen (secondary N) is 1. The Morgan fingerprint density at radius 2 is 1.66 bits per heavy atom. The molecule has 2 atom stereocenters. The zero-order valence-corrected chi connectivity index (χ0v) is 46.4. The van der Waals surface area contributed by atoms with Gasteiger partial charge in [-0.3, -0.25) is 9.69 Å². The Labute approximate surface area is 464 Å². The molecule has 17 nitrogen and oxygen atoms in total. The molecule has 0 spiro atoms. The molecule has 10 rings (SSSR count). The second kappa shape index (κ2) is 23.9. The molecule has 2 aromatic carbocycles. The topological polar surface area (TPSA) is 176 Å². The number of aryl methyl sites for hydroxylation is 2. The van der Waals surface area contributed by atoms with E-state index in [0.717, 1.165) is 76.5 Å². The van der Waals surface area contributed by atoms with Crippen molar-refractivity contribution in [3.05, 3.63) is 106 Å². The monoisotopic (exact) mass is 1130 g/mol. The lowest BCUT2D eigenvalue weighted by molar-refractivity contribution is -0.137. The van der Waals surface area contributed by atoms with Crippen molar-refractivity contribution >= 4 is 62.8 Å². The Hall–Kier alpha value is -7.21. The maximum absolute atomic E-state index is 16.5. The molecule has 3 N–H and O–H groups in total. The highest BCUT2D eigenvalue weighted by atomic mass is 35.5. The van der Waals surface area contributed by atoms with Crippen LogP contribution in [0.2, 0.25) is 5.02 Å². The highest BCUT2D eigenvalue weighted by molar-refractivity contribution is 6.34. The number of hydrogen-bond acceptors (Lipinski definition) is 15. The van der Waals surface area contributed by atoms with E-state index in [0.29, 0.717) is 42.4 Å². The first-order valence-electron chi connectivity index (χ1n) is 26.5. The summed E-state index contributed by atoms with van der Waals surface area (Å²) < 4.78 is 96.7. The van der Waals surface area contributed by atoms with Crippen molar-refractivity contribution in [2.75, 3.05) is 88.5 Å². The normalized spacial score (nSPS) is 17.6. The number of nitrogen functional groups attached to an aromatic ring is 1. The van der Waals surface area contributed by atoms with Crippen LogP contribution in [0, 0.1) is 31.3 Å². The van der Waals surface area contributed by atoms with Crippen LogP contribution in [0.1, 0.15) is 69.1 Å². The number of alkyl halides is 3. The zero-order valence-electron chi connectivity index (χ0n) is 45.7. The van der Waals surface area contributed by atoms with E-state index >= 15 is 4.39 Å². The van der Waals surface area contributed by atoms with E-state index in [1.807, 2.05) is 62.5 Å². The number of benzene rings is 2. The van der Waals surface area contributed by atoms with E-state index in [-0.39, 0.29) is 86.9 Å². The largest absolute Gasteiger partial charge is 0.462 e. The molecular weight excluding hydrogens is 1060 g/mol. The number of halogens is 7. The molecule has 424 valence electrons. The third-order valence-electron chi connectivity index (χ3n) is 14.9. The quantitative estimate of drug-likeness (QED) is 0.0824. The van der Waals surface area contributed by atoms with Gasteiger partial charge in [0.15, 0.2) is 17.5 Å². The maximum atomic E-state index is 16.5. The smallest absolute Gasteiger partial charge is 0.418 e. The van der Waals surface area contributed by atoms with Gasteiger partial charge in [-0.05, 0) is 115 Å². The molecule has 3 aliphatic heterocycles. The summed E-state index contributed by atoms with van der Waals surface area (Å²) in [6, 6.07) is 9.07. The van der Waals surface area contributed by atoms with Crippen molar-refractivity contribution in [3.8, 4) is 28.5 Å². The fourth-order valence-electron chi connectivity index (χ4n) is 10.8. The summed E-state index contributed by atoms with van der Waals surface area (Å²) >= 11 is 6.54. The van der Waals surface area contributed by atoms with Gasteiger partial charge in [-0.15, -0.1) is 0 Å². The number of aromatic nitrogens is 8.